The van der Waals surface area contributed by atoms with Crippen LogP contribution in [0.2, 0.25) is 0 Å². The molecule has 0 N–H and O–H groups in total. The molecule has 0 bridgehead atoms. The zero-order valence-corrected chi connectivity index (χ0v) is 11.0. The molecule has 0 heterocycles. The molecule has 6 heteroatoms. The predicted octanol–water partition coefficient (Wildman–Crippen LogP) is 3.86. The van der Waals surface area contributed by atoms with Crippen LogP contribution < -0.4 is 0 Å². The number of hydrogen-bond acceptors (Lipinski definition) is 1. The Morgan fingerprint density at radius 2 is 1.85 bits per heavy atom. The predicted molar refractivity (Wildman–Crippen MR) is 65.8 cm³/mol. The number of halogens is 4. The van der Waals surface area contributed by atoms with E-state index >= 15 is 0 Å². The van der Waals surface area contributed by atoms with Crippen LogP contribution in [0.15, 0.2) is 18.2 Å². The number of hydrogen-bond donors (Lipinski definition) is 0. The number of nitrogens with zero attached hydrogens (tertiary/aromatic N) is 1. The molecule has 110 valence electrons. The summed E-state index contributed by atoms with van der Waals surface area (Å²) >= 11 is 0. The Kier molecular flexibility index (Phi) is 4.01. The quantitative estimate of drug-likeness (QED) is 0.757. The number of carbonyl (C=O) groups excluding carboxylic acids is 1. The number of carbonyl (C=O) groups is 1. The van der Waals surface area contributed by atoms with Crippen LogP contribution in [-0.4, -0.2) is 23.9 Å². The highest BCUT2D eigenvalue weighted by Gasteiger charge is 2.33. The standard InChI is InChI=1S/C14H15F4NO/c1-19(10-4-2-3-5-10)13(20)11-8-9(14(16,17)18)6-7-12(11)15/h6-8,10H,2-5H2,1H3. The second-order valence-corrected chi connectivity index (χ2v) is 5.05. The van der Waals surface area contributed by atoms with Gasteiger partial charge in [0, 0.05) is 13.1 Å². The normalized spacial score (nSPS) is 16.4. The summed E-state index contributed by atoms with van der Waals surface area (Å²) in [6.45, 7) is 0. The third-order valence-corrected chi connectivity index (χ3v) is 3.72. The Labute approximate surface area is 114 Å². The molecule has 2 rings (SSSR count). The molecule has 0 aromatic heterocycles. The average molecular weight is 289 g/mol. The second kappa shape index (κ2) is 5.42. The molecule has 0 atom stereocenters. The molecule has 1 saturated carbocycles. The van der Waals surface area contributed by atoms with E-state index < -0.39 is 29.0 Å². The van der Waals surface area contributed by atoms with Gasteiger partial charge in [0.05, 0.1) is 11.1 Å². The molecule has 0 aliphatic heterocycles. The van der Waals surface area contributed by atoms with Crippen molar-refractivity contribution in [3.05, 3.63) is 35.1 Å². The number of amides is 1. The fraction of sp³-hybridized carbons (Fsp3) is 0.500. The first kappa shape index (κ1) is 14.8. The van der Waals surface area contributed by atoms with Crippen LogP contribution in [0.1, 0.15) is 41.6 Å². The van der Waals surface area contributed by atoms with Crippen LogP contribution in [0, 0.1) is 5.82 Å². The Morgan fingerprint density at radius 1 is 1.25 bits per heavy atom. The van der Waals surface area contributed by atoms with Gasteiger partial charge in [-0.2, -0.15) is 13.2 Å². The summed E-state index contributed by atoms with van der Waals surface area (Å²) in [5.41, 5.74) is -1.53. The van der Waals surface area contributed by atoms with Crippen LogP contribution in [0.4, 0.5) is 17.6 Å². The summed E-state index contributed by atoms with van der Waals surface area (Å²) in [5.74, 6) is -1.62. The van der Waals surface area contributed by atoms with E-state index in [1.165, 1.54) is 11.9 Å². The van der Waals surface area contributed by atoms with Crippen molar-refractivity contribution in [1.29, 1.82) is 0 Å². The van der Waals surface area contributed by atoms with Gasteiger partial charge in [0.1, 0.15) is 5.82 Å². The summed E-state index contributed by atoms with van der Waals surface area (Å²) in [6, 6.07) is 1.90. The summed E-state index contributed by atoms with van der Waals surface area (Å²) in [7, 11) is 1.51. The summed E-state index contributed by atoms with van der Waals surface area (Å²) in [4.78, 5) is 13.5. The maximum atomic E-state index is 13.6. The third-order valence-electron chi connectivity index (χ3n) is 3.72. The second-order valence-electron chi connectivity index (χ2n) is 5.05. The van der Waals surface area contributed by atoms with Crippen LogP contribution in [-0.2, 0) is 6.18 Å². The molecular formula is C14H15F4NO. The smallest absolute Gasteiger partial charge is 0.339 e. The fourth-order valence-corrected chi connectivity index (χ4v) is 2.51. The average Bonchev–Trinajstić information content (AvgIpc) is 2.90. The molecule has 0 radical (unpaired) electrons. The zero-order valence-electron chi connectivity index (χ0n) is 11.0. The Balaban J connectivity index is 2.28. The van der Waals surface area contributed by atoms with Crippen molar-refractivity contribution in [3.63, 3.8) is 0 Å². The number of alkyl halides is 3. The molecule has 20 heavy (non-hydrogen) atoms. The lowest BCUT2D eigenvalue weighted by Gasteiger charge is -2.24. The lowest BCUT2D eigenvalue weighted by atomic mass is 10.1. The van der Waals surface area contributed by atoms with Crippen molar-refractivity contribution in [1.82, 2.24) is 4.90 Å². The molecular weight excluding hydrogens is 274 g/mol. The third kappa shape index (κ3) is 2.94. The lowest BCUT2D eigenvalue weighted by molar-refractivity contribution is -0.137. The Morgan fingerprint density at radius 3 is 2.40 bits per heavy atom. The molecule has 0 saturated heterocycles. The highest BCUT2D eigenvalue weighted by atomic mass is 19.4. The number of rotatable bonds is 2. The van der Waals surface area contributed by atoms with Crippen molar-refractivity contribution >= 4 is 5.91 Å². The fourth-order valence-electron chi connectivity index (χ4n) is 2.51. The van der Waals surface area contributed by atoms with E-state index in [1.54, 1.807) is 0 Å². The monoisotopic (exact) mass is 289 g/mol. The molecule has 1 fully saturated rings. The van der Waals surface area contributed by atoms with Crippen molar-refractivity contribution in [3.8, 4) is 0 Å². The minimum atomic E-state index is -4.59. The maximum Gasteiger partial charge on any atom is 0.416 e. The molecule has 1 aromatic rings. The largest absolute Gasteiger partial charge is 0.416 e. The van der Waals surface area contributed by atoms with Gasteiger partial charge in [0.15, 0.2) is 0 Å². The first-order chi connectivity index (χ1) is 9.30. The van der Waals surface area contributed by atoms with Crippen LogP contribution in [0.3, 0.4) is 0 Å². The van der Waals surface area contributed by atoms with Crippen LogP contribution in [0.5, 0.6) is 0 Å². The van der Waals surface area contributed by atoms with E-state index in [1.807, 2.05) is 0 Å². The van der Waals surface area contributed by atoms with Gasteiger partial charge >= 0.3 is 6.18 Å². The Hall–Kier alpha value is -1.59. The summed E-state index contributed by atoms with van der Waals surface area (Å²) < 4.78 is 51.5. The van der Waals surface area contributed by atoms with E-state index in [4.69, 9.17) is 0 Å². The van der Waals surface area contributed by atoms with E-state index in [9.17, 15) is 22.4 Å². The van der Waals surface area contributed by atoms with Crippen molar-refractivity contribution in [2.75, 3.05) is 7.05 Å². The highest BCUT2D eigenvalue weighted by molar-refractivity contribution is 5.94. The Bertz CT molecular complexity index is 506. The van der Waals surface area contributed by atoms with Crippen LogP contribution >= 0.6 is 0 Å². The summed E-state index contributed by atoms with van der Waals surface area (Å²) in [5, 5.41) is 0. The maximum absolute atomic E-state index is 13.6. The van der Waals surface area contributed by atoms with Crippen molar-refractivity contribution in [2.45, 2.75) is 37.9 Å². The molecule has 1 aliphatic carbocycles. The minimum absolute atomic E-state index is 0.0172. The first-order valence-corrected chi connectivity index (χ1v) is 6.44. The molecule has 0 spiro atoms. The molecule has 2 nitrogen and oxygen atoms in total. The highest BCUT2D eigenvalue weighted by Crippen LogP contribution is 2.31. The van der Waals surface area contributed by atoms with E-state index in [0.29, 0.717) is 18.2 Å². The lowest BCUT2D eigenvalue weighted by Crippen LogP contribution is -2.35. The van der Waals surface area contributed by atoms with Gasteiger partial charge in [-0.3, -0.25) is 4.79 Å². The molecule has 1 aromatic carbocycles. The SMILES string of the molecule is CN(C(=O)c1cc(C(F)(F)F)ccc1F)C1CCCC1. The topological polar surface area (TPSA) is 20.3 Å². The number of benzene rings is 1. The van der Waals surface area contributed by atoms with Gasteiger partial charge in [-0.05, 0) is 31.0 Å². The van der Waals surface area contributed by atoms with Gasteiger partial charge in [0.25, 0.3) is 5.91 Å². The van der Waals surface area contributed by atoms with E-state index in [0.717, 1.165) is 25.7 Å². The van der Waals surface area contributed by atoms with Gasteiger partial charge in [-0.25, -0.2) is 4.39 Å². The molecule has 1 aliphatic rings. The van der Waals surface area contributed by atoms with E-state index in [2.05, 4.69) is 0 Å². The van der Waals surface area contributed by atoms with Gasteiger partial charge in [-0.1, -0.05) is 12.8 Å². The van der Waals surface area contributed by atoms with Crippen molar-refractivity contribution < 1.29 is 22.4 Å². The first-order valence-electron chi connectivity index (χ1n) is 6.44. The molecule has 1 amide bonds. The van der Waals surface area contributed by atoms with Crippen LogP contribution in [0.25, 0.3) is 0 Å². The minimum Gasteiger partial charge on any atom is -0.339 e. The van der Waals surface area contributed by atoms with Gasteiger partial charge in [-0.15, -0.1) is 0 Å². The molecule has 0 unspecified atom stereocenters. The van der Waals surface area contributed by atoms with Gasteiger partial charge in [0.2, 0.25) is 0 Å². The zero-order chi connectivity index (χ0) is 14.9. The van der Waals surface area contributed by atoms with Gasteiger partial charge < -0.3 is 4.90 Å². The van der Waals surface area contributed by atoms with E-state index in [-0.39, 0.29) is 6.04 Å². The van der Waals surface area contributed by atoms with Crippen molar-refractivity contribution in [2.24, 2.45) is 0 Å². The summed E-state index contributed by atoms with van der Waals surface area (Å²) in [6.07, 6.45) is -1.01.